The van der Waals surface area contributed by atoms with E-state index < -0.39 is 11.2 Å². The van der Waals surface area contributed by atoms with E-state index >= 15 is 0 Å². The SMILES string of the molecule is Cn1c(=O)[nH]c(=O)c2c1nc(N/N=C/c1ccc(F)cc1)n2Cc1ccccc1. The van der Waals surface area contributed by atoms with Gasteiger partial charge in [-0.25, -0.2) is 14.6 Å². The Kier molecular flexibility index (Phi) is 4.78. The quantitative estimate of drug-likeness (QED) is 0.401. The number of anilines is 1. The summed E-state index contributed by atoms with van der Waals surface area (Å²) in [6.45, 7) is 0.354. The molecule has 0 aliphatic rings. The molecule has 2 heterocycles. The lowest BCUT2D eigenvalue weighted by Crippen LogP contribution is -2.29. The number of imidazole rings is 1. The van der Waals surface area contributed by atoms with Crippen molar-refractivity contribution in [1.29, 1.82) is 0 Å². The number of hydrogen-bond donors (Lipinski definition) is 2. The predicted molar refractivity (Wildman–Crippen MR) is 109 cm³/mol. The van der Waals surface area contributed by atoms with Crippen LogP contribution in [0.25, 0.3) is 11.2 Å². The smallest absolute Gasteiger partial charge is 0.298 e. The Balaban J connectivity index is 1.77. The van der Waals surface area contributed by atoms with E-state index in [4.69, 9.17) is 0 Å². The van der Waals surface area contributed by atoms with Crippen LogP contribution in [0, 0.1) is 5.82 Å². The highest BCUT2D eigenvalue weighted by molar-refractivity contribution is 5.80. The van der Waals surface area contributed by atoms with Crippen LogP contribution in [-0.2, 0) is 13.6 Å². The zero-order valence-corrected chi connectivity index (χ0v) is 15.5. The second-order valence-electron chi connectivity index (χ2n) is 6.42. The number of benzene rings is 2. The Hall–Kier alpha value is -4.01. The molecule has 0 amide bonds. The number of aromatic amines is 1. The van der Waals surface area contributed by atoms with E-state index in [0.717, 1.165) is 5.56 Å². The fraction of sp³-hybridized carbons (Fsp3) is 0.100. The van der Waals surface area contributed by atoms with E-state index in [1.165, 1.54) is 30.0 Å². The minimum Gasteiger partial charge on any atom is -0.298 e. The molecular weight excluding hydrogens is 375 g/mol. The van der Waals surface area contributed by atoms with Gasteiger partial charge in [0.25, 0.3) is 5.56 Å². The molecule has 0 spiro atoms. The normalized spacial score (nSPS) is 11.4. The topological polar surface area (TPSA) is 97.1 Å². The molecule has 0 bridgehead atoms. The second-order valence-corrected chi connectivity index (χ2v) is 6.42. The number of halogens is 1. The first-order chi connectivity index (χ1) is 14.0. The minimum absolute atomic E-state index is 0.245. The Bertz CT molecular complexity index is 1300. The van der Waals surface area contributed by atoms with Crippen molar-refractivity contribution in [2.75, 3.05) is 5.43 Å². The summed E-state index contributed by atoms with van der Waals surface area (Å²) in [5, 5.41) is 4.14. The van der Waals surface area contributed by atoms with Crippen LogP contribution in [-0.4, -0.2) is 25.3 Å². The molecule has 29 heavy (non-hydrogen) atoms. The van der Waals surface area contributed by atoms with Crippen LogP contribution in [0.1, 0.15) is 11.1 Å². The molecule has 0 unspecified atom stereocenters. The number of H-pyrrole nitrogens is 1. The summed E-state index contributed by atoms with van der Waals surface area (Å²) in [4.78, 5) is 31.1. The largest absolute Gasteiger partial charge is 0.329 e. The lowest BCUT2D eigenvalue weighted by atomic mass is 10.2. The third-order valence-corrected chi connectivity index (χ3v) is 4.44. The number of fused-ring (bicyclic) bond motifs is 1. The Morgan fingerprint density at radius 1 is 1.14 bits per heavy atom. The van der Waals surface area contributed by atoms with Crippen LogP contribution in [0.3, 0.4) is 0 Å². The number of nitrogens with zero attached hydrogens (tertiary/aromatic N) is 4. The van der Waals surface area contributed by atoms with Crippen molar-refractivity contribution >= 4 is 23.3 Å². The molecule has 9 heteroatoms. The van der Waals surface area contributed by atoms with Crippen molar-refractivity contribution in [1.82, 2.24) is 19.1 Å². The standard InChI is InChI=1S/C20H17FN6O2/c1-26-17-16(18(28)24-20(26)29)27(12-14-5-3-2-4-6-14)19(23-17)25-22-11-13-7-9-15(21)10-8-13/h2-11H,12H2,1H3,(H,23,25)(H,24,28,29)/b22-11+. The average Bonchev–Trinajstić information content (AvgIpc) is 3.07. The van der Waals surface area contributed by atoms with E-state index in [2.05, 4.69) is 20.5 Å². The lowest BCUT2D eigenvalue weighted by Gasteiger charge is -2.08. The third kappa shape index (κ3) is 3.70. The van der Waals surface area contributed by atoms with Crippen LogP contribution in [0.2, 0.25) is 0 Å². The second kappa shape index (κ2) is 7.55. The average molecular weight is 392 g/mol. The molecule has 0 aliphatic heterocycles. The van der Waals surface area contributed by atoms with Crippen LogP contribution in [0.4, 0.5) is 10.3 Å². The van der Waals surface area contributed by atoms with Crippen LogP contribution in [0.15, 0.2) is 69.3 Å². The van der Waals surface area contributed by atoms with Gasteiger partial charge in [-0.3, -0.25) is 18.9 Å². The van der Waals surface area contributed by atoms with E-state index in [1.807, 2.05) is 30.3 Å². The summed E-state index contributed by atoms with van der Waals surface area (Å²) >= 11 is 0. The van der Waals surface area contributed by atoms with Gasteiger partial charge in [-0.05, 0) is 23.3 Å². The molecule has 4 rings (SSSR count). The molecule has 0 saturated heterocycles. The molecule has 2 aromatic carbocycles. The van der Waals surface area contributed by atoms with E-state index in [-0.39, 0.29) is 17.0 Å². The summed E-state index contributed by atoms with van der Waals surface area (Å²) in [7, 11) is 1.53. The highest BCUT2D eigenvalue weighted by Crippen LogP contribution is 2.17. The maximum Gasteiger partial charge on any atom is 0.329 e. The van der Waals surface area contributed by atoms with E-state index in [9.17, 15) is 14.0 Å². The molecule has 2 aromatic heterocycles. The van der Waals surface area contributed by atoms with Gasteiger partial charge in [0.2, 0.25) is 5.95 Å². The highest BCUT2D eigenvalue weighted by Gasteiger charge is 2.17. The molecule has 146 valence electrons. The van der Waals surface area contributed by atoms with Gasteiger partial charge < -0.3 is 0 Å². The zero-order valence-electron chi connectivity index (χ0n) is 15.5. The summed E-state index contributed by atoms with van der Waals surface area (Å²) in [5.41, 5.74) is 3.89. The van der Waals surface area contributed by atoms with Gasteiger partial charge in [-0.2, -0.15) is 10.1 Å². The minimum atomic E-state index is -0.548. The maximum atomic E-state index is 13.0. The van der Waals surface area contributed by atoms with Crippen molar-refractivity contribution in [3.63, 3.8) is 0 Å². The third-order valence-electron chi connectivity index (χ3n) is 4.44. The molecule has 2 N–H and O–H groups in total. The fourth-order valence-electron chi connectivity index (χ4n) is 2.95. The van der Waals surface area contributed by atoms with Gasteiger partial charge in [-0.1, -0.05) is 42.5 Å². The number of hydrazone groups is 1. The van der Waals surface area contributed by atoms with Gasteiger partial charge in [0.15, 0.2) is 11.2 Å². The summed E-state index contributed by atoms with van der Waals surface area (Å²) in [5.74, 6) is -0.0335. The Morgan fingerprint density at radius 3 is 2.59 bits per heavy atom. The zero-order chi connectivity index (χ0) is 20.4. The van der Waals surface area contributed by atoms with Crippen molar-refractivity contribution in [3.8, 4) is 0 Å². The Morgan fingerprint density at radius 2 is 1.86 bits per heavy atom. The molecule has 8 nitrogen and oxygen atoms in total. The number of aromatic nitrogens is 4. The van der Waals surface area contributed by atoms with Gasteiger partial charge in [-0.15, -0.1) is 0 Å². The summed E-state index contributed by atoms with van der Waals surface area (Å²) in [6, 6.07) is 15.4. The van der Waals surface area contributed by atoms with Crippen LogP contribution >= 0.6 is 0 Å². The molecule has 4 aromatic rings. The van der Waals surface area contributed by atoms with Crippen molar-refractivity contribution < 1.29 is 4.39 Å². The van der Waals surface area contributed by atoms with Crippen molar-refractivity contribution in [2.45, 2.75) is 6.54 Å². The highest BCUT2D eigenvalue weighted by atomic mass is 19.1. The van der Waals surface area contributed by atoms with Crippen LogP contribution in [0.5, 0.6) is 0 Å². The maximum absolute atomic E-state index is 13.0. The lowest BCUT2D eigenvalue weighted by molar-refractivity contribution is 0.628. The van der Waals surface area contributed by atoms with Gasteiger partial charge in [0, 0.05) is 7.05 Å². The van der Waals surface area contributed by atoms with Gasteiger partial charge in [0.05, 0.1) is 12.8 Å². The monoisotopic (exact) mass is 392 g/mol. The van der Waals surface area contributed by atoms with Gasteiger partial charge in [0.1, 0.15) is 5.82 Å². The predicted octanol–water partition coefficient (Wildman–Crippen LogP) is 2.06. The van der Waals surface area contributed by atoms with Crippen molar-refractivity contribution in [3.05, 3.63) is 92.4 Å². The number of hydrogen-bond acceptors (Lipinski definition) is 5. The molecule has 0 saturated carbocycles. The molecule has 0 atom stereocenters. The van der Waals surface area contributed by atoms with E-state index in [0.29, 0.717) is 18.1 Å². The number of aryl methyl sites for hydroxylation is 1. The fourth-order valence-corrected chi connectivity index (χ4v) is 2.95. The Labute approximate surface area is 164 Å². The van der Waals surface area contributed by atoms with Gasteiger partial charge >= 0.3 is 5.69 Å². The first-order valence-corrected chi connectivity index (χ1v) is 8.81. The molecule has 0 radical (unpaired) electrons. The van der Waals surface area contributed by atoms with E-state index in [1.54, 1.807) is 16.7 Å². The molecular formula is C20H17FN6O2. The van der Waals surface area contributed by atoms with Crippen LogP contribution < -0.4 is 16.7 Å². The van der Waals surface area contributed by atoms with Crippen molar-refractivity contribution in [2.24, 2.45) is 12.1 Å². The number of nitrogens with one attached hydrogen (secondary N) is 2. The summed E-state index contributed by atoms with van der Waals surface area (Å²) in [6.07, 6.45) is 1.51. The summed E-state index contributed by atoms with van der Waals surface area (Å²) < 4.78 is 16.0. The number of rotatable bonds is 5. The molecule has 0 aliphatic carbocycles. The first-order valence-electron chi connectivity index (χ1n) is 8.81. The molecule has 0 fully saturated rings. The first kappa shape index (κ1) is 18.4.